The van der Waals surface area contributed by atoms with Crippen molar-refractivity contribution in [2.45, 2.75) is 106 Å². The lowest BCUT2D eigenvalue weighted by atomic mass is 10.0. The van der Waals surface area contributed by atoms with E-state index in [-0.39, 0.29) is 17.2 Å². The number of rotatable bonds is 2. The van der Waals surface area contributed by atoms with Crippen LogP contribution in [0, 0.1) is 0 Å². The maximum Gasteiger partial charge on any atom is 0.303 e. The van der Waals surface area contributed by atoms with E-state index in [1.807, 2.05) is 47.6 Å². The molecule has 28 heavy (non-hydrogen) atoms. The highest BCUT2D eigenvalue weighted by atomic mass is 16.6. The summed E-state index contributed by atoms with van der Waals surface area (Å²) >= 11 is 0. The number of hydrogen-bond acceptors (Lipinski definition) is 3. The fourth-order valence-electron chi connectivity index (χ4n) is 1.98. The first-order chi connectivity index (χ1) is 12.6. The molecule has 0 spiro atoms. The second kappa shape index (κ2) is 16.4. The Labute approximate surface area is 175 Å². The average molecular weight is 395 g/mol. The van der Waals surface area contributed by atoms with E-state index in [4.69, 9.17) is 9.47 Å². The number of benzene rings is 1. The Kier molecular flexibility index (Phi) is 18.2. The highest BCUT2D eigenvalue weighted by Gasteiger charge is 2.12. The molecular formula is C25H46O3. The van der Waals surface area contributed by atoms with Gasteiger partial charge in [-0.2, -0.15) is 0 Å². The molecule has 0 aliphatic carbocycles. The Morgan fingerprint density at radius 1 is 0.929 bits per heavy atom. The molecule has 0 aromatic heterocycles. The molecule has 0 saturated carbocycles. The van der Waals surface area contributed by atoms with Crippen LogP contribution in [0.4, 0.5) is 0 Å². The molecule has 0 fully saturated rings. The van der Waals surface area contributed by atoms with Crippen LogP contribution < -0.4 is 0 Å². The van der Waals surface area contributed by atoms with Crippen LogP contribution in [0.3, 0.4) is 0 Å². The van der Waals surface area contributed by atoms with Gasteiger partial charge in [-0.25, -0.2) is 0 Å². The van der Waals surface area contributed by atoms with Crippen molar-refractivity contribution in [2.24, 2.45) is 0 Å². The molecule has 0 amide bonds. The topological polar surface area (TPSA) is 35.5 Å². The van der Waals surface area contributed by atoms with E-state index in [1.54, 1.807) is 6.08 Å². The largest absolute Gasteiger partial charge is 0.460 e. The highest BCUT2D eigenvalue weighted by molar-refractivity contribution is 5.66. The molecule has 1 rings (SSSR count). The standard InChI is InChI=1S/C9H12.C7H16O.C6H12O2.C3H6/c1-8(2)9-6-4-3-5-7-9;1-6(2)8-7(3,4)5;1-5(7)8-6(2,3)4;1-3-2/h3-8H,1-2H3;6H,1-5H3;1-4H3;3H,1H2,2H3. The van der Waals surface area contributed by atoms with E-state index in [1.165, 1.54) is 12.5 Å². The maximum atomic E-state index is 10.2. The van der Waals surface area contributed by atoms with Crippen LogP contribution in [0.15, 0.2) is 43.0 Å². The van der Waals surface area contributed by atoms with E-state index >= 15 is 0 Å². The van der Waals surface area contributed by atoms with Gasteiger partial charge in [0.15, 0.2) is 0 Å². The molecule has 0 N–H and O–H groups in total. The van der Waals surface area contributed by atoms with Crippen LogP contribution in [0.25, 0.3) is 0 Å². The van der Waals surface area contributed by atoms with Crippen molar-refractivity contribution >= 4 is 5.97 Å². The van der Waals surface area contributed by atoms with Gasteiger partial charge in [-0.05, 0) is 73.8 Å². The molecule has 3 heteroatoms. The Hall–Kier alpha value is -1.61. The summed E-state index contributed by atoms with van der Waals surface area (Å²) in [4.78, 5) is 10.2. The predicted molar refractivity (Wildman–Crippen MR) is 124 cm³/mol. The number of ether oxygens (including phenoxy) is 2. The zero-order chi connectivity index (χ0) is 23.0. The Balaban J connectivity index is -0.000000313. The maximum absolute atomic E-state index is 10.2. The van der Waals surface area contributed by atoms with Crippen LogP contribution in [0.1, 0.15) is 94.6 Å². The molecule has 164 valence electrons. The van der Waals surface area contributed by atoms with Crippen LogP contribution >= 0.6 is 0 Å². The van der Waals surface area contributed by atoms with Crippen LogP contribution in [-0.4, -0.2) is 23.3 Å². The Morgan fingerprint density at radius 2 is 1.32 bits per heavy atom. The molecule has 0 aliphatic heterocycles. The van der Waals surface area contributed by atoms with Crippen LogP contribution in [-0.2, 0) is 14.3 Å². The first kappa shape index (κ1) is 31.1. The van der Waals surface area contributed by atoms with E-state index < -0.39 is 0 Å². The number of carbonyl (C=O) groups is 1. The van der Waals surface area contributed by atoms with Gasteiger partial charge < -0.3 is 9.47 Å². The van der Waals surface area contributed by atoms with Gasteiger partial charge in [0.05, 0.1) is 11.7 Å². The number of carbonyl (C=O) groups excluding carboxylic acids is 1. The minimum atomic E-state index is -0.328. The third-order valence-electron chi connectivity index (χ3n) is 2.51. The summed E-state index contributed by atoms with van der Waals surface area (Å²) in [5, 5.41) is 0. The van der Waals surface area contributed by atoms with Gasteiger partial charge >= 0.3 is 5.97 Å². The molecule has 1 aromatic carbocycles. The number of hydrogen-bond donors (Lipinski definition) is 0. The Bertz CT molecular complexity index is 489. The third-order valence-corrected chi connectivity index (χ3v) is 2.51. The molecule has 0 radical (unpaired) electrons. The normalized spacial score (nSPS) is 10.5. The zero-order valence-corrected chi connectivity index (χ0v) is 20.6. The number of allylic oxidation sites excluding steroid dienone is 1. The van der Waals surface area contributed by atoms with E-state index in [0.29, 0.717) is 12.0 Å². The summed E-state index contributed by atoms with van der Waals surface area (Å²) < 4.78 is 10.2. The quantitative estimate of drug-likeness (QED) is 0.383. The van der Waals surface area contributed by atoms with Gasteiger partial charge in [-0.15, -0.1) is 6.58 Å². The lowest BCUT2D eigenvalue weighted by Gasteiger charge is -2.22. The van der Waals surface area contributed by atoms with Crippen molar-refractivity contribution in [3.05, 3.63) is 48.6 Å². The summed E-state index contributed by atoms with van der Waals surface area (Å²) in [6.45, 7) is 26.9. The van der Waals surface area contributed by atoms with Crippen LogP contribution in [0.2, 0.25) is 0 Å². The molecule has 0 unspecified atom stereocenters. The first-order valence-electron chi connectivity index (χ1n) is 10.0. The molecule has 0 atom stereocenters. The molecule has 3 nitrogen and oxygen atoms in total. The van der Waals surface area contributed by atoms with E-state index in [0.717, 1.165) is 0 Å². The molecule has 0 aliphatic rings. The second-order valence-electron chi connectivity index (χ2n) is 8.96. The van der Waals surface area contributed by atoms with Crippen molar-refractivity contribution < 1.29 is 14.3 Å². The Morgan fingerprint density at radius 3 is 1.43 bits per heavy atom. The van der Waals surface area contributed by atoms with Crippen LogP contribution in [0.5, 0.6) is 0 Å². The highest BCUT2D eigenvalue weighted by Crippen LogP contribution is 2.11. The summed E-state index contributed by atoms with van der Waals surface area (Å²) in [7, 11) is 0. The zero-order valence-electron chi connectivity index (χ0n) is 20.6. The SMILES string of the molecule is C=CC.CC(=O)OC(C)(C)C.CC(C)OC(C)(C)C.CC(C)c1ccccc1. The van der Waals surface area contributed by atoms with Crippen molar-refractivity contribution in [3.8, 4) is 0 Å². The predicted octanol–water partition coefficient (Wildman–Crippen LogP) is 7.56. The number of esters is 1. The summed E-state index contributed by atoms with van der Waals surface area (Å²) in [5.74, 6) is 0.434. The van der Waals surface area contributed by atoms with Gasteiger partial charge in [-0.1, -0.05) is 50.3 Å². The molecule has 0 saturated heterocycles. The smallest absolute Gasteiger partial charge is 0.303 e. The van der Waals surface area contributed by atoms with Crippen molar-refractivity contribution in [3.63, 3.8) is 0 Å². The van der Waals surface area contributed by atoms with Crippen molar-refractivity contribution in [2.75, 3.05) is 0 Å². The average Bonchev–Trinajstić information content (AvgIpc) is 2.45. The van der Waals surface area contributed by atoms with Gasteiger partial charge in [0.25, 0.3) is 0 Å². The molecule has 0 heterocycles. The monoisotopic (exact) mass is 394 g/mol. The molecule has 1 aromatic rings. The molecule has 0 bridgehead atoms. The second-order valence-corrected chi connectivity index (χ2v) is 8.96. The summed E-state index contributed by atoms with van der Waals surface area (Å²) in [6, 6.07) is 10.5. The lowest BCUT2D eigenvalue weighted by molar-refractivity contribution is -0.151. The minimum absolute atomic E-state index is 0.0220. The summed E-state index contributed by atoms with van der Waals surface area (Å²) in [5.41, 5.74) is 1.11. The van der Waals surface area contributed by atoms with E-state index in [9.17, 15) is 4.79 Å². The van der Waals surface area contributed by atoms with Crippen molar-refractivity contribution in [1.82, 2.24) is 0 Å². The fraction of sp³-hybridized carbons (Fsp3) is 0.640. The van der Waals surface area contributed by atoms with Gasteiger partial charge in [-0.3, -0.25) is 4.79 Å². The third kappa shape index (κ3) is 32.1. The van der Waals surface area contributed by atoms with Crippen molar-refractivity contribution in [1.29, 1.82) is 0 Å². The van der Waals surface area contributed by atoms with Gasteiger partial charge in [0.1, 0.15) is 5.60 Å². The van der Waals surface area contributed by atoms with Gasteiger partial charge in [0, 0.05) is 6.92 Å². The minimum Gasteiger partial charge on any atom is -0.460 e. The van der Waals surface area contributed by atoms with E-state index in [2.05, 4.69) is 65.5 Å². The first-order valence-corrected chi connectivity index (χ1v) is 10.0. The lowest BCUT2D eigenvalue weighted by Crippen LogP contribution is -2.23. The fourth-order valence-corrected chi connectivity index (χ4v) is 1.98. The molecular weight excluding hydrogens is 348 g/mol. The van der Waals surface area contributed by atoms with Gasteiger partial charge in [0.2, 0.25) is 0 Å². The summed E-state index contributed by atoms with van der Waals surface area (Å²) in [6.07, 6.45) is 2.09.